The Morgan fingerprint density at radius 1 is 1.33 bits per heavy atom. The van der Waals surface area contributed by atoms with Crippen molar-refractivity contribution in [2.75, 3.05) is 29.5 Å². The average molecular weight is 284 g/mol. The first-order valence-electron chi connectivity index (χ1n) is 5.75. The minimum absolute atomic E-state index is 0.192. The first-order valence-corrected chi connectivity index (χ1v) is 7.98. The quantitative estimate of drug-likeness (QED) is 0.816. The van der Waals surface area contributed by atoms with Gasteiger partial charge in [0.15, 0.2) is 9.84 Å². The van der Waals surface area contributed by atoms with Gasteiger partial charge in [0.1, 0.15) is 4.99 Å². The van der Waals surface area contributed by atoms with Crippen LogP contribution >= 0.6 is 12.2 Å². The molecule has 1 aromatic rings. The Kier molecular flexibility index (Phi) is 3.59. The minimum atomic E-state index is -2.87. The number of anilines is 1. The molecule has 1 saturated heterocycles. The SMILES string of the molecule is Cc1ccc(C(N)=S)c(N2CCS(=O)(=O)CC2)c1. The Labute approximate surface area is 113 Å². The van der Waals surface area contributed by atoms with Crippen LogP contribution in [0.3, 0.4) is 0 Å². The summed E-state index contributed by atoms with van der Waals surface area (Å²) in [5.74, 6) is 0.384. The molecule has 98 valence electrons. The van der Waals surface area contributed by atoms with Crippen molar-refractivity contribution in [1.29, 1.82) is 0 Å². The predicted octanol–water partition coefficient (Wildman–Crippen LogP) is 0.864. The Morgan fingerprint density at radius 2 is 1.94 bits per heavy atom. The van der Waals surface area contributed by atoms with Gasteiger partial charge in [0.05, 0.1) is 11.5 Å². The molecular weight excluding hydrogens is 268 g/mol. The molecule has 0 spiro atoms. The third-order valence-corrected chi connectivity index (χ3v) is 4.93. The number of benzene rings is 1. The maximum Gasteiger partial charge on any atom is 0.153 e. The molecule has 1 aromatic carbocycles. The monoisotopic (exact) mass is 284 g/mol. The van der Waals surface area contributed by atoms with Crippen molar-refractivity contribution in [3.8, 4) is 0 Å². The van der Waals surface area contributed by atoms with Crippen molar-refractivity contribution >= 4 is 32.7 Å². The van der Waals surface area contributed by atoms with Gasteiger partial charge in [-0.25, -0.2) is 8.42 Å². The molecule has 0 saturated carbocycles. The lowest BCUT2D eigenvalue weighted by Crippen LogP contribution is -2.41. The maximum absolute atomic E-state index is 11.4. The zero-order valence-electron chi connectivity index (χ0n) is 10.2. The van der Waals surface area contributed by atoms with Gasteiger partial charge in [0.2, 0.25) is 0 Å². The molecule has 0 radical (unpaired) electrons. The fraction of sp³-hybridized carbons (Fsp3) is 0.417. The zero-order valence-corrected chi connectivity index (χ0v) is 11.9. The lowest BCUT2D eigenvalue weighted by molar-refractivity contribution is 0.587. The normalized spacial score (nSPS) is 18.6. The number of thiocarbonyl (C=S) groups is 1. The van der Waals surface area contributed by atoms with E-state index in [1.807, 2.05) is 30.0 Å². The Balaban J connectivity index is 2.33. The van der Waals surface area contributed by atoms with Gasteiger partial charge >= 0.3 is 0 Å². The fourth-order valence-corrected chi connectivity index (χ4v) is 3.44. The summed E-state index contributed by atoms with van der Waals surface area (Å²) in [5, 5.41) is 0. The molecule has 0 aliphatic carbocycles. The summed E-state index contributed by atoms with van der Waals surface area (Å²) >= 11 is 5.04. The lowest BCUT2D eigenvalue weighted by Gasteiger charge is -2.30. The average Bonchev–Trinajstić information content (AvgIpc) is 2.28. The predicted molar refractivity (Wildman–Crippen MR) is 77.9 cm³/mol. The number of rotatable bonds is 2. The van der Waals surface area contributed by atoms with E-state index in [-0.39, 0.29) is 11.5 Å². The molecule has 1 aliphatic heterocycles. The summed E-state index contributed by atoms with van der Waals surface area (Å²) in [7, 11) is -2.87. The van der Waals surface area contributed by atoms with Crippen LogP contribution in [0.5, 0.6) is 0 Å². The molecule has 2 N–H and O–H groups in total. The van der Waals surface area contributed by atoms with Crippen LogP contribution in [0.2, 0.25) is 0 Å². The highest BCUT2D eigenvalue weighted by Gasteiger charge is 2.23. The summed E-state index contributed by atoms with van der Waals surface area (Å²) in [5.41, 5.74) is 8.58. The minimum Gasteiger partial charge on any atom is -0.389 e. The zero-order chi connectivity index (χ0) is 13.3. The molecular formula is C12H16N2O2S2. The molecule has 6 heteroatoms. The van der Waals surface area contributed by atoms with Crippen LogP contribution < -0.4 is 10.6 Å². The molecule has 0 unspecified atom stereocenters. The number of hydrogen-bond donors (Lipinski definition) is 1. The molecule has 4 nitrogen and oxygen atoms in total. The molecule has 2 rings (SSSR count). The van der Waals surface area contributed by atoms with E-state index in [2.05, 4.69) is 0 Å². The van der Waals surface area contributed by atoms with Gasteiger partial charge in [-0.3, -0.25) is 0 Å². The third kappa shape index (κ3) is 2.81. The second-order valence-corrected chi connectivity index (χ2v) is 7.27. The van der Waals surface area contributed by atoms with Gasteiger partial charge in [-0.1, -0.05) is 18.3 Å². The summed E-state index contributed by atoms with van der Waals surface area (Å²) in [6.45, 7) is 3.00. The first kappa shape index (κ1) is 13.3. The molecule has 1 aliphatic rings. The highest BCUT2D eigenvalue weighted by atomic mass is 32.2. The van der Waals surface area contributed by atoms with Crippen molar-refractivity contribution < 1.29 is 8.42 Å². The van der Waals surface area contributed by atoms with E-state index in [4.69, 9.17) is 18.0 Å². The van der Waals surface area contributed by atoms with Gasteiger partial charge in [0.25, 0.3) is 0 Å². The Morgan fingerprint density at radius 3 is 2.50 bits per heavy atom. The van der Waals surface area contributed by atoms with Crippen molar-refractivity contribution in [2.24, 2.45) is 5.73 Å². The summed E-state index contributed by atoms with van der Waals surface area (Å²) in [6, 6.07) is 5.86. The van der Waals surface area contributed by atoms with E-state index >= 15 is 0 Å². The second kappa shape index (κ2) is 4.85. The van der Waals surface area contributed by atoms with Gasteiger partial charge in [-0.15, -0.1) is 0 Å². The summed E-state index contributed by atoms with van der Waals surface area (Å²) in [6.07, 6.45) is 0. The standard InChI is InChI=1S/C12H16N2O2S2/c1-9-2-3-10(12(13)17)11(8-9)14-4-6-18(15,16)7-5-14/h2-3,8H,4-7H2,1H3,(H2,13,17). The number of nitrogens with zero attached hydrogens (tertiary/aromatic N) is 1. The largest absolute Gasteiger partial charge is 0.389 e. The van der Waals surface area contributed by atoms with Crippen LogP contribution in [0.4, 0.5) is 5.69 Å². The van der Waals surface area contributed by atoms with Crippen molar-refractivity contribution in [3.63, 3.8) is 0 Å². The highest BCUT2D eigenvalue weighted by molar-refractivity contribution is 7.91. The molecule has 0 bridgehead atoms. The lowest BCUT2D eigenvalue weighted by atomic mass is 10.1. The van der Waals surface area contributed by atoms with Crippen LogP contribution in [0, 0.1) is 6.92 Å². The number of nitrogens with two attached hydrogens (primary N) is 1. The van der Waals surface area contributed by atoms with E-state index in [9.17, 15) is 8.42 Å². The molecule has 1 fully saturated rings. The van der Waals surface area contributed by atoms with Crippen LogP contribution in [0.1, 0.15) is 11.1 Å². The molecule has 0 aromatic heterocycles. The van der Waals surface area contributed by atoms with Crippen molar-refractivity contribution in [1.82, 2.24) is 0 Å². The van der Waals surface area contributed by atoms with Gasteiger partial charge in [-0.2, -0.15) is 0 Å². The smallest absolute Gasteiger partial charge is 0.153 e. The number of sulfone groups is 1. The molecule has 1 heterocycles. The van der Waals surface area contributed by atoms with E-state index in [0.717, 1.165) is 16.8 Å². The van der Waals surface area contributed by atoms with E-state index < -0.39 is 9.84 Å². The fourth-order valence-electron chi connectivity index (χ4n) is 2.06. The molecule has 0 atom stereocenters. The van der Waals surface area contributed by atoms with Crippen molar-refractivity contribution in [3.05, 3.63) is 29.3 Å². The third-order valence-electron chi connectivity index (χ3n) is 3.10. The topological polar surface area (TPSA) is 63.4 Å². The van der Waals surface area contributed by atoms with Crippen LogP contribution in [0.25, 0.3) is 0 Å². The Hall–Kier alpha value is -1.14. The molecule has 0 amide bonds. The number of hydrogen-bond acceptors (Lipinski definition) is 4. The number of aryl methyl sites for hydroxylation is 1. The second-order valence-electron chi connectivity index (χ2n) is 4.52. The maximum atomic E-state index is 11.4. The van der Waals surface area contributed by atoms with Crippen molar-refractivity contribution in [2.45, 2.75) is 6.92 Å². The van der Waals surface area contributed by atoms with Crippen LogP contribution in [-0.4, -0.2) is 38.0 Å². The first-order chi connectivity index (χ1) is 8.39. The van der Waals surface area contributed by atoms with Crippen LogP contribution in [0.15, 0.2) is 18.2 Å². The highest BCUT2D eigenvalue weighted by Crippen LogP contribution is 2.24. The Bertz CT molecular complexity index is 568. The van der Waals surface area contributed by atoms with E-state index in [1.165, 1.54) is 0 Å². The van der Waals surface area contributed by atoms with E-state index in [0.29, 0.717) is 18.1 Å². The molecule has 18 heavy (non-hydrogen) atoms. The summed E-state index contributed by atoms with van der Waals surface area (Å²) < 4.78 is 22.9. The van der Waals surface area contributed by atoms with E-state index in [1.54, 1.807) is 0 Å². The van der Waals surface area contributed by atoms with Gasteiger partial charge in [-0.05, 0) is 24.6 Å². The van der Waals surface area contributed by atoms with Gasteiger partial charge in [0, 0.05) is 24.3 Å². The van der Waals surface area contributed by atoms with Crippen LogP contribution in [-0.2, 0) is 9.84 Å². The van der Waals surface area contributed by atoms with Gasteiger partial charge < -0.3 is 10.6 Å². The summed E-state index contributed by atoms with van der Waals surface area (Å²) in [4.78, 5) is 2.39.